The molecule has 0 aromatic rings. The van der Waals surface area contributed by atoms with Crippen molar-refractivity contribution in [2.45, 2.75) is 20.3 Å². The van der Waals surface area contributed by atoms with E-state index in [1.54, 1.807) is 0 Å². The number of hydrogen-bond donors (Lipinski definition) is 0. The molecule has 0 amide bonds. The minimum absolute atomic E-state index is 0. The normalized spacial score (nSPS) is 10.2. The van der Waals surface area contributed by atoms with Crippen molar-refractivity contribution in [2.24, 2.45) is 5.92 Å². The van der Waals surface area contributed by atoms with Gasteiger partial charge in [0.05, 0.1) is 0 Å². The zero-order valence-corrected chi connectivity index (χ0v) is 7.77. The van der Waals surface area contributed by atoms with Crippen molar-refractivity contribution >= 4 is 6.29 Å². The third-order valence-electron chi connectivity index (χ3n) is 0.814. The molecule has 1 unspecified atom stereocenters. The van der Waals surface area contributed by atoms with Crippen molar-refractivity contribution < 1.29 is 39.8 Å². The Bertz CT molecular complexity index is 47.7. The van der Waals surface area contributed by atoms with E-state index in [-0.39, 0.29) is 41.0 Å². The predicted molar refractivity (Wildman–Crippen MR) is 30.0 cm³/mol. The molecule has 3 heteroatoms. The minimum atomic E-state index is 0. The van der Waals surface area contributed by atoms with Gasteiger partial charge in [0.15, 0.2) is 0 Å². The Morgan fingerprint density at radius 3 is 2.00 bits per heavy atom. The van der Waals surface area contributed by atoms with E-state index < -0.39 is 0 Å². The molecule has 44 valence electrons. The maximum atomic E-state index is 9.61. The summed E-state index contributed by atoms with van der Waals surface area (Å²) in [5.41, 5.74) is 0. The maximum Gasteiger partial charge on any atom is 1.00 e. The monoisotopic (exact) mass is 127 g/mol. The van der Waals surface area contributed by atoms with Crippen LogP contribution in [0.1, 0.15) is 20.3 Å². The Labute approximate surface area is 72.3 Å². The van der Waals surface area contributed by atoms with Gasteiger partial charge in [-0.15, -0.1) is 5.92 Å². The molecule has 0 aliphatic heterocycles. The number of hydrogen-bond acceptors (Lipinski definition) is 1. The Hall–Kier alpha value is 0.630. The van der Waals surface area contributed by atoms with Gasteiger partial charge in [0.25, 0.3) is 0 Å². The molecule has 0 heterocycles. The Morgan fingerprint density at radius 1 is 1.62 bits per heavy atom. The van der Waals surface area contributed by atoms with E-state index in [1.165, 1.54) is 0 Å². The molecule has 8 heavy (non-hydrogen) atoms. The molecule has 0 aromatic carbocycles. The molecule has 3 N–H and O–H groups in total. The van der Waals surface area contributed by atoms with Crippen LogP contribution in [0.15, 0.2) is 0 Å². The van der Waals surface area contributed by atoms with Crippen LogP contribution < -0.4 is 29.6 Å². The van der Waals surface area contributed by atoms with Gasteiger partial charge in [0.1, 0.15) is 0 Å². The molecule has 0 aromatic heterocycles. The zero-order valence-electron chi connectivity index (χ0n) is 5.77. The molecule has 0 radical (unpaired) electrons. The molecule has 0 spiro atoms. The van der Waals surface area contributed by atoms with E-state index in [9.17, 15) is 4.79 Å². The Morgan fingerprint density at radius 2 is 2.00 bits per heavy atom. The third kappa shape index (κ3) is 9.80. The van der Waals surface area contributed by atoms with Gasteiger partial charge in [-0.3, -0.25) is 6.29 Å². The Kier molecular flexibility index (Phi) is 21.0. The summed E-state index contributed by atoms with van der Waals surface area (Å²) in [5, 5.41) is 0. The largest absolute Gasteiger partial charge is 1.00 e. The first-order valence-corrected chi connectivity index (χ1v) is 2.19. The molecule has 0 aliphatic carbocycles. The topological polar surface area (TPSA) is 50.1 Å². The van der Waals surface area contributed by atoms with Gasteiger partial charge in [-0.2, -0.15) is 0 Å². The molecule has 0 saturated heterocycles. The SMILES string of the molecule is CCC(C)[C-]=O.[Na+].[OH3+]. The minimum Gasteiger partial charge on any atom is -0.542 e. The molecule has 0 bridgehead atoms. The fourth-order valence-electron chi connectivity index (χ4n) is 0.0833. The standard InChI is InChI=1S/C5H9O.Na.H2O/c1-3-5(2)4-6;;/h5H,3H2,1-2H3;;1H2/q-1;+1;/p+1. The summed E-state index contributed by atoms with van der Waals surface area (Å²) in [6.45, 7) is 3.82. The van der Waals surface area contributed by atoms with E-state index in [4.69, 9.17) is 0 Å². The molecule has 2 nitrogen and oxygen atoms in total. The van der Waals surface area contributed by atoms with Crippen molar-refractivity contribution in [3.05, 3.63) is 0 Å². The maximum absolute atomic E-state index is 9.61. The summed E-state index contributed by atoms with van der Waals surface area (Å²) in [7, 11) is 0. The molecular formula is C5H12NaO2+. The second-order valence-electron chi connectivity index (χ2n) is 1.43. The average Bonchev–Trinajstić information content (AvgIpc) is 1.65. The van der Waals surface area contributed by atoms with Crippen LogP contribution in [0.25, 0.3) is 0 Å². The van der Waals surface area contributed by atoms with Crippen molar-refractivity contribution in [3.8, 4) is 0 Å². The van der Waals surface area contributed by atoms with E-state index in [0.717, 1.165) is 6.42 Å². The summed E-state index contributed by atoms with van der Waals surface area (Å²) in [6, 6.07) is 0. The summed E-state index contributed by atoms with van der Waals surface area (Å²) in [5.74, 6) is 0.130. The van der Waals surface area contributed by atoms with Gasteiger partial charge in [-0.25, -0.2) is 0 Å². The number of rotatable bonds is 2. The van der Waals surface area contributed by atoms with Gasteiger partial charge in [-0.1, -0.05) is 20.3 Å². The number of carbonyl (C=O) groups excluding carboxylic acids is 1. The molecule has 0 rings (SSSR count). The van der Waals surface area contributed by atoms with Gasteiger partial charge in [0.2, 0.25) is 0 Å². The van der Waals surface area contributed by atoms with Gasteiger partial charge < -0.3 is 10.3 Å². The van der Waals surface area contributed by atoms with E-state index >= 15 is 0 Å². The summed E-state index contributed by atoms with van der Waals surface area (Å²) < 4.78 is 0. The van der Waals surface area contributed by atoms with E-state index in [2.05, 4.69) is 0 Å². The molecular weight excluding hydrogens is 115 g/mol. The van der Waals surface area contributed by atoms with Crippen LogP contribution in [0.3, 0.4) is 0 Å². The van der Waals surface area contributed by atoms with E-state index in [0.29, 0.717) is 0 Å². The molecule has 0 aliphatic rings. The van der Waals surface area contributed by atoms with Crippen molar-refractivity contribution in [2.75, 3.05) is 0 Å². The molecule has 0 fully saturated rings. The van der Waals surface area contributed by atoms with Crippen molar-refractivity contribution in [1.29, 1.82) is 0 Å². The van der Waals surface area contributed by atoms with Crippen molar-refractivity contribution in [1.82, 2.24) is 0 Å². The van der Waals surface area contributed by atoms with E-state index in [1.807, 2.05) is 20.1 Å². The molecule has 0 saturated carbocycles. The summed E-state index contributed by atoms with van der Waals surface area (Å²) in [4.78, 5) is 9.61. The van der Waals surface area contributed by atoms with Gasteiger partial charge >= 0.3 is 29.6 Å². The van der Waals surface area contributed by atoms with Crippen LogP contribution in [-0.2, 0) is 10.3 Å². The van der Waals surface area contributed by atoms with Crippen LogP contribution in [-0.4, -0.2) is 6.29 Å². The molecule has 1 atom stereocenters. The van der Waals surface area contributed by atoms with Crippen molar-refractivity contribution in [3.63, 3.8) is 0 Å². The van der Waals surface area contributed by atoms with Crippen LogP contribution >= 0.6 is 0 Å². The summed E-state index contributed by atoms with van der Waals surface area (Å²) >= 11 is 0. The van der Waals surface area contributed by atoms with Gasteiger partial charge in [-0.05, 0) is 0 Å². The predicted octanol–water partition coefficient (Wildman–Crippen LogP) is -2.78. The second-order valence-corrected chi connectivity index (χ2v) is 1.43. The van der Waals surface area contributed by atoms with Crippen LogP contribution in [0.5, 0.6) is 0 Å². The summed E-state index contributed by atoms with van der Waals surface area (Å²) in [6.07, 6.45) is 2.77. The first-order valence-electron chi connectivity index (χ1n) is 2.19. The van der Waals surface area contributed by atoms with Crippen LogP contribution in [0.2, 0.25) is 0 Å². The third-order valence-corrected chi connectivity index (χ3v) is 0.814. The smallest absolute Gasteiger partial charge is 0.542 e. The average molecular weight is 127 g/mol. The fraction of sp³-hybridized carbons (Fsp3) is 0.800. The quantitative estimate of drug-likeness (QED) is 0.225. The Balaban J connectivity index is -0.000000125. The first kappa shape index (κ1) is 15.9. The van der Waals surface area contributed by atoms with Crippen LogP contribution in [0.4, 0.5) is 0 Å². The van der Waals surface area contributed by atoms with Crippen LogP contribution in [0, 0.1) is 5.92 Å². The second kappa shape index (κ2) is 10.6. The zero-order chi connectivity index (χ0) is 4.99. The first-order chi connectivity index (χ1) is 2.81. The fourth-order valence-corrected chi connectivity index (χ4v) is 0.0833. The van der Waals surface area contributed by atoms with Gasteiger partial charge in [0, 0.05) is 0 Å².